The predicted octanol–water partition coefficient (Wildman–Crippen LogP) is 4.26. The molecule has 0 unspecified atom stereocenters. The van der Waals surface area contributed by atoms with Crippen LogP contribution < -0.4 is 10.6 Å². The van der Waals surface area contributed by atoms with E-state index in [0.717, 1.165) is 34.3 Å². The number of anilines is 2. The van der Waals surface area contributed by atoms with Gasteiger partial charge in [-0.3, -0.25) is 4.98 Å². The number of pyridine rings is 1. The Balaban J connectivity index is 1.63. The summed E-state index contributed by atoms with van der Waals surface area (Å²) >= 11 is 0. The smallest absolute Gasteiger partial charge is 0.227 e. The maximum absolute atomic E-state index is 9.59. The van der Waals surface area contributed by atoms with Crippen LogP contribution in [0.4, 0.5) is 11.8 Å². The van der Waals surface area contributed by atoms with Gasteiger partial charge in [0.05, 0.1) is 19.0 Å². The normalized spacial score (nSPS) is 12.3. The molecule has 0 fully saturated rings. The van der Waals surface area contributed by atoms with E-state index in [0.29, 0.717) is 18.3 Å². The van der Waals surface area contributed by atoms with Gasteiger partial charge in [0.15, 0.2) is 17.0 Å². The van der Waals surface area contributed by atoms with Crippen molar-refractivity contribution in [2.45, 2.75) is 45.8 Å². The number of fused-ring (bicyclic) bond motifs is 1. The van der Waals surface area contributed by atoms with E-state index in [4.69, 9.17) is 0 Å². The first-order valence-corrected chi connectivity index (χ1v) is 10.9. The summed E-state index contributed by atoms with van der Waals surface area (Å²) in [6.07, 6.45) is 6.17. The van der Waals surface area contributed by atoms with Crippen LogP contribution in [-0.4, -0.2) is 42.3 Å². The highest BCUT2D eigenvalue weighted by molar-refractivity contribution is 5.84. The SMILES string of the molecule is CC[C@H](CO)Nc1nc(NCc2cccc(-c3ccncc3)c2)c2ncn(C(C)C)c2n1. The molecule has 0 bridgehead atoms. The van der Waals surface area contributed by atoms with E-state index in [2.05, 4.69) is 68.7 Å². The summed E-state index contributed by atoms with van der Waals surface area (Å²) in [5.41, 5.74) is 4.89. The summed E-state index contributed by atoms with van der Waals surface area (Å²) in [7, 11) is 0. The first kappa shape index (κ1) is 21.7. The maximum atomic E-state index is 9.59. The molecule has 0 saturated carbocycles. The highest BCUT2D eigenvalue weighted by Crippen LogP contribution is 2.25. The van der Waals surface area contributed by atoms with Crippen molar-refractivity contribution in [3.63, 3.8) is 0 Å². The van der Waals surface area contributed by atoms with Crippen LogP contribution >= 0.6 is 0 Å². The van der Waals surface area contributed by atoms with Gasteiger partial charge < -0.3 is 20.3 Å². The minimum absolute atomic E-state index is 0.0197. The Labute approximate surface area is 187 Å². The van der Waals surface area contributed by atoms with Crippen LogP contribution in [0, 0.1) is 0 Å². The van der Waals surface area contributed by atoms with Gasteiger partial charge in [-0.2, -0.15) is 9.97 Å². The lowest BCUT2D eigenvalue weighted by Crippen LogP contribution is -2.24. The van der Waals surface area contributed by atoms with Gasteiger partial charge in [0.25, 0.3) is 0 Å². The average molecular weight is 432 g/mol. The zero-order valence-corrected chi connectivity index (χ0v) is 18.7. The highest BCUT2D eigenvalue weighted by Gasteiger charge is 2.16. The molecule has 0 amide bonds. The fourth-order valence-electron chi connectivity index (χ4n) is 3.53. The molecule has 8 heteroatoms. The zero-order valence-electron chi connectivity index (χ0n) is 18.7. The first-order chi connectivity index (χ1) is 15.6. The molecule has 3 heterocycles. The van der Waals surface area contributed by atoms with Crippen LogP contribution in [0.25, 0.3) is 22.3 Å². The second-order valence-electron chi connectivity index (χ2n) is 8.04. The van der Waals surface area contributed by atoms with E-state index in [1.165, 1.54) is 0 Å². The van der Waals surface area contributed by atoms with E-state index in [-0.39, 0.29) is 18.7 Å². The number of aliphatic hydroxyl groups is 1. The molecular formula is C24H29N7O. The van der Waals surface area contributed by atoms with Crippen LogP contribution in [0.2, 0.25) is 0 Å². The summed E-state index contributed by atoms with van der Waals surface area (Å²) < 4.78 is 2.03. The Hall–Kier alpha value is -3.52. The first-order valence-electron chi connectivity index (χ1n) is 10.9. The molecule has 4 rings (SSSR count). The fourth-order valence-corrected chi connectivity index (χ4v) is 3.53. The second-order valence-corrected chi connectivity index (χ2v) is 8.04. The topological polar surface area (TPSA) is 101 Å². The van der Waals surface area contributed by atoms with Crippen LogP contribution in [0.3, 0.4) is 0 Å². The van der Waals surface area contributed by atoms with Crippen molar-refractivity contribution >= 4 is 22.9 Å². The van der Waals surface area contributed by atoms with Gasteiger partial charge in [0.2, 0.25) is 5.95 Å². The summed E-state index contributed by atoms with van der Waals surface area (Å²) in [6, 6.07) is 12.5. The molecule has 1 atom stereocenters. The van der Waals surface area contributed by atoms with Gasteiger partial charge in [-0.05, 0) is 55.2 Å². The molecule has 3 aromatic heterocycles. The Morgan fingerprint density at radius 3 is 2.59 bits per heavy atom. The van der Waals surface area contributed by atoms with Gasteiger partial charge in [-0.1, -0.05) is 25.1 Å². The minimum Gasteiger partial charge on any atom is -0.394 e. The lowest BCUT2D eigenvalue weighted by atomic mass is 10.0. The zero-order chi connectivity index (χ0) is 22.5. The van der Waals surface area contributed by atoms with Gasteiger partial charge in [0.1, 0.15) is 0 Å². The summed E-state index contributed by atoms with van der Waals surface area (Å²) in [5.74, 6) is 1.15. The van der Waals surface area contributed by atoms with Crippen molar-refractivity contribution in [1.29, 1.82) is 0 Å². The summed E-state index contributed by atoms with van der Waals surface area (Å²) in [5, 5.41) is 16.3. The Morgan fingerprint density at radius 1 is 1.06 bits per heavy atom. The van der Waals surface area contributed by atoms with E-state index >= 15 is 0 Å². The third kappa shape index (κ3) is 4.70. The average Bonchev–Trinajstić information content (AvgIpc) is 3.26. The molecule has 0 aliphatic carbocycles. The minimum atomic E-state index is -0.104. The lowest BCUT2D eigenvalue weighted by Gasteiger charge is -2.16. The number of aromatic nitrogens is 5. The highest BCUT2D eigenvalue weighted by atomic mass is 16.3. The molecular weight excluding hydrogens is 402 g/mol. The van der Waals surface area contributed by atoms with Crippen molar-refractivity contribution in [1.82, 2.24) is 24.5 Å². The summed E-state index contributed by atoms with van der Waals surface area (Å²) in [4.78, 5) is 18.0. The number of rotatable bonds is 9. The van der Waals surface area contributed by atoms with Crippen molar-refractivity contribution < 1.29 is 5.11 Å². The van der Waals surface area contributed by atoms with Gasteiger partial charge >= 0.3 is 0 Å². The van der Waals surface area contributed by atoms with Gasteiger partial charge in [0, 0.05) is 25.0 Å². The van der Waals surface area contributed by atoms with E-state index in [9.17, 15) is 5.11 Å². The molecule has 0 aliphatic heterocycles. The summed E-state index contributed by atoms with van der Waals surface area (Å²) in [6.45, 7) is 6.81. The molecule has 3 N–H and O–H groups in total. The second kappa shape index (κ2) is 9.74. The van der Waals surface area contributed by atoms with E-state index < -0.39 is 0 Å². The standard InChI is InChI=1S/C24H29N7O/c1-4-20(14-32)28-24-29-22(21-23(30-24)31(15-27-21)16(2)3)26-13-17-6-5-7-19(12-17)18-8-10-25-11-9-18/h5-12,15-16,20,32H,4,13-14H2,1-3H3,(H2,26,28,29,30)/t20-/m1/s1. The van der Waals surface area contributed by atoms with Crippen molar-refractivity contribution in [3.8, 4) is 11.1 Å². The van der Waals surface area contributed by atoms with Crippen molar-refractivity contribution in [2.75, 3.05) is 17.2 Å². The Kier molecular flexibility index (Phi) is 6.61. The molecule has 0 saturated heterocycles. The third-order valence-electron chi connectivity index (χ3n) is 5.42. The maximum Gasteiger partial charge on any atom is 0.227 e. The van der Waals surface area contributed by atoms with Crippen molar-refractivity contribution in [2.24, 2.45) is 0 Å². The molecule has 0 radical (unpaired) electrons. The molecule has 0 aliphatic rings. The largest absolute Gasteiger partial charge is 0.394 e. The molecule has 32 heavy (non-hydrogen) atoms. The predicted molar refractivity (Wildman–Crippen MR) is 127 cm³/mol. The Bertz CT molecular complexity index is 1170. The van der Waals surface area contributed by atoms with Crippen LogP contribution in [0.15, 0.2) is 55.1 Å². The van der Waals surface area contributed by atoms with Crippen LogP contribution in [0.1, 0.15) is 38.8 Å². The van der Waals surface area contributed by atoms with Crippen LogP contribution in [0.5, 0.6) is 0 Å². The van der Waals surface area contributed by atoms with E-state index in [1.54, 1.807) is 18.7 Å². The van der Waals surface area contributed by atoms with Gasteiger partial charge in [-0.15, -0.1) is 0 Å². The number of imidazole rings is 1. The number of aliphatic hydroxyl groups excluding tert-OH is 1. The Morgan fingerprint density at radius 2 is 1.88 bits per heavy atom. The quantitative estimate of drug-likeness (QED) is 0.364. The molecule has 1 aromatic carbocycles. The monoisotopic (exact) mass is 431 g/mol. The number of nitrogens with one attached hydrogen (secondary N) is 2. The fraction of sp³-hybridized carbons (Fsp3) is 0.333. The number of benzene rings is 1. The van der Waals surface area contributed by atoms with Gasteiger partial charge in [-0.25, -0.2) is 4.98 Å². The number of nitrogens with zero attached hydrogens (tertiary/aromatic N) is 5. The number of hydrogen-bond acceptors (Lipinski definition) is 7. The molecule has 4 aromatic rings. The number of hydrogen-bond donors (Lipinski definition) is 3. The third-order valence-corrected chi connectivity index (χ3v) is 5.42. The van der Waals surface area contributed by atoms with Crippen molar-refractivity contribution in [3.05, 3.63) is 60.7 Å². The molecule has 0 spiro atoms. The molecule has 8 nitrogen and oxygen atoms in total. The molecule has 166 valence electrons. The lowest BCUT2D eigenvalue weighted by molar-refractivity contribution is 0.271. The van der Waals surface area contributed by atoms with Crippen LogP contribution in [-0.2, 0) is 6.54 Å². The van der Waals surface area contributed by atoms with E-state index in [1.807, 2.05) is 23.6 Å².